The minimum absolute atomic E-state index is 0.165. The third-order valence-electron chi connectivity index (χ3n) is 3.77. The number of halogens is 1. The van der Waals surface area contributed by atoms with Crippen molar-refractivity contribution in [2.45, 2.75) is 39.8 Å². The first-order chi connectivity index (χ1) is 12.9. The molecule has 0 aliphatic carbocycles. The molecule has 0 saturated carbocycles. The second-order valence-electron chi connectivity index (χ2n) is 6.02. The van der Waals surface area contributed by atoms with Crippen LogP contribution in [0, 0.1) is 6.92 Å². The highest BCUT2D eigenvalue weighted by Crippen LogP contribution is 2.40. The third-order valence-corrected chi connectivity index (χ3v) is 4.36. The zero-order valence-electron chi connectivity index (χ0n) is 16.3. The highest BCUT2D eigenvalue weighted by molar-refractivity contribution is 9.10. The highest BCUT2D eigenvalue weighted by Gasteiger charge is 2.16. The smallest absolute Gasteiger partial charge is 0.327 e. The van der Waals surface area contributed by atoms with E-state index >= 15 is 0 Å². The first-order valence-electron chi connectivity index (χ1n) is 8.61. The summed E-state index contributed by atoms with van der Waals surface area (Å²) in [5, 5.41) is 3.14. The van der Waals surface area contributed by atoms with E-state index in [1.807, 2.05) is 19.1 Å². The molecule has 0 amide bonds. The van der Waals surface area contributed by atoms with E-state index in [0.29, 0.717) is 27.7 Å². The molecule has 8 heteroatoms. The Bertz CT molecular complexity index is 814. The lowest BCUT2D eigenvalue weighted by Crippen LogP contribution is -2.23. The predicted molar refractivity (Wildman–Crippen MR) is 109 cm³/mol. The Morgan fingerprint density at radius 2 is 2.00 bits per heavy atom. The molecule has 2 aromatic rings. The van der Waals surface area contributed by atoms with Gasteiger partial charge in [-0.3, -0.25) is 0 Å². The van der Waals surface area contributed by atoms with E-state index in [2.05, 4.69) is 49.7 Å². The molecule has 1 aromatic heterocycles. The molecule has 1 heterocycles. The molecule has 2 rings (SSSR count). The van der Waals surface area contributed by atoms with E-state index in [4.69, 9.17) is 14.2 Å². The van der Waals surface area contributed by atoms with Gasteiger partial charge in [0.05, 0.1) is 11.6 Å². The number of ether oxygens (including phenoxy) is 3. The van der Waals surface area contributed by atoms with Gasteiger partial charge in [-0.25, -0.2) is 0 Å². The largest absolute Gasteiger partial charge is 0.493 e. The molecule has 1 aromatic carbocycles. The number of nitrogens with one attached hydrogen (secondary N) is 1. The summed E-state index contributed by atoms with van der Waals surface area (Å²) >= 11 is 3.52. The maximum absolute atomic E-state index is 5.92. The molecule has 27 heavy (non-hydrogen) atoms. The van der Waals surface area contributed by atoms with Crippen LogP contribution in [0.25, 0.3) is 5.57 Å². The van der Waals surface area contributed by atoms with Crippen LogP contribution < -0.4 is 14.8 Å². The summed E-state index contributed by atoms with van der Waals surface area (Å²) in [5.74, 6) is 1.96. The van der Waals surface area contributed by atoms with Gasteiger partial charge in [0.15, 0.2) is 11.5 Å². The Labute approximate surface area is 168 Å². The number of aromatic nitrogens is 3. The second kappa shape index (κ2) is 9.66. The van der Waals surface area contributed by atoms with Gasteiger partial charge in [-0.1, -0.05) is 25.5 Å². The molecule has 0 saturated heterocycles. The lowest BCUT2D eigenvalue weighted by molar-refractivity contribution is 0.116. The van der Waals surface area contributed by atoms with Gasteiger partial charge < -0.3 is 19.5 Å². The minimum Gasteiger partial charge on any atom is -0.493 e. The molecule has 1 N–H and O–H groups in total. The van der Waals surface area contributed by atoms with Crippen LogP contribution in [0.3, 0.4) is 0 Å². The molecule has 7 nitrogen and oxygen atoms in total. The van der Waals surface area contributed by atoms with Crippen LogP contribution in [-0.2, 0) is 4.74 Å². The fraction of sp³-hybridized carbons (Fsp3) is 0.421. The highest BCUT2D eigenvalue weighted by atomic mass is 79.9. The van der Waals surface area contributed by atoms with Crippen molar-refractivity contribution >= 4 is 27.5 Å². The topological polar surface area (TPSA) is 78.4 Å². The van der Waals surface area contributed by atoms with Crippen LogP contribution in [0.2, 0.25) is 0 Å². The fourth-order valence-electron chi connectivity index (χ4n) is 2.38. The van der Waals surface area contributed by atoms with Gasteiger partial charge in [0, 0.05) is 7.11 Å². The molecule has 0 spiro atoms. The number of methoxy groups -OCH3 is 2. The van der Waals surface area contributed by atoms with E-state index in [-0.39, 0.29) is 12.2 Å². The lowest BCUT2D eigenvalue weighted by atomic mass is 10.1. The van der Waals surface area contributed by atoms with Crippen molar-refractivity contribution in [2.24, 2.45) is 0 Å². The van der Waals surface area contributed by atoms with E-state index in [1.165, 1.54) is 0 Å². The van der Waals surface area contributed by atoms with E-state index in [9.17, 15) is 0 Å². The average molecular weight is 437 g/mol. The lowest BCUT2D eigenvalue weighted by Gasteiger charge is -2.17. The molecule has 0 fully saturated rings. The van der Waals surface area contributed by atoms with Crippen LogP contribution in [0.4, 0.5) is 5.95 Å². The maximum atomic E-state index is 5.92. The van der Waals surface area contributed by atoms with Crippen molar-refractivity contribution in [3.05, 3.63) is 34.6 Å². The average Bonchev–Trinajstić information content (AvgIpc) is 2.62. The van der Waals surface area contributed by atoms with Gasteiger partial charge in [-0.05, 0) is 53.9 Å². The van der Waals surface area contributed by atoms with Gasteiger partial charge in [0.1, 0.15) is 12.1 Å². The van der Waals surface area contributed by atoms with Crippen LogP contribution >= 0.6 is 15.9 Å². The summed E-state index contributed by atoms with van der Waals surface area (Å²) < 4.78 is 17.5. The quantitative estimate of drug-likeness (QED) is 0.556. The van der Waals surface area contributed by atoms with Crippen molar-refractivity contribution in [3.63, 3.8) is 0 Å². The Kier molecular flexibility index (Phi) is 7.55. The number of benzene rings is 1. The monoisotopic (exact) mass is 436 g/mol. The standard InChI is InChI=1S/C19H25BrN4O3/c1-7-8-16(26-6)23-18-21-12(4)22-19(24-18)27-17-14(20)9-13(11(2)3)10-15(17)25-5/h9-10,16H,2,7-8H2,1,3-6H3,(H,21,22,23,24). The Morgan fingerprint density at radius 3 is 2.59 bits per heavy atom. The molecule has 0 aliphatic rings. The van der Waals surface area contributed by atoms with Crippen molar-refractivity contribution in [1.29, 1.82) is 0 Å². The third kappa shape index (κ3) is 5.64. The number of aryl methyl sites for hydroxylation is 1. The van der Waals surface area contributed by atoms with Gasteiger partial charge in [0.2, 0.25) is 5.95 Å². The van der Waals surface area contributed by atoms with E-state index in [0.717, 1.165) is 24.0 Å². The summed E-state index contributed by atoms with van der Waals surface area (Å²) in [6.07, 6.45) is 1.62. The first kappa shape index (κ1) is 21.1. The summed E-state index contributed by atoms with van der Waals surface area (Å²) in [5.41, 5.74) is 1.87. The van der Waals surface area contributed by atoms with Gasteiger partial charge in [-0.15, -0.1) is 0 Å². The summed E-state index contributed by atoms with van der Waals surface area (Å²) in [4.78, 5) is 12.9. The SMILES string of the molecule is C=C(C)c1cc(Br)c(Oc2nc(C)nc(NC(CCC)OC)n2)c(OC)c1. The number of hydrogen-bond donors (Lipinski definition) is 1. The van der Waals surface area contributed by atoms with Crippen LogP contribution in [0.1, 0.15) is 38.1 Å². The van der Waals surface area contributed by atoms with Crippen molar-refractivity contribution < 1.29 is 14.2 Å². The predicted octanol–water partition coefficient (Wildman–Crippen LogP) is 4.96. The summed E-state index contributed by atoms with van der Waals surface area (Å²) in [7, 11) is 3.22. The Hall–Kier alpha value is -2.19. The molecule has 1 atom stereocenters. The maximum Gasteiger partial charge on any atom is 0.327 e. The Morgan fingerprint density at radius 1 is 1.26 bits per heavy atom. The minimum atomic E-state index is -0.180. The van der Waals surface area contributed by atoms with Gasteiger partial charge in [-0.2, -0.15) is 15.0 Å². The zero-order valence-corrected chi connectivity index (χ0v) is 17.9. The molecule has 0 aliphatic heterocycles. The van der Waals surface area contributed by atoms with Crippen molar-refractivity contribution in [3.8, 4) is 17.5 Å². The van der Waals surface area contributed by atoms with Crippen LogP contribution in [-0.4, -0.2) is 35.4 Å². The van der Waals surface area contributed by atoms with Gasteiger partial charge in [0.25, 0.3) is 0 Å². The van der Waals surface area contributed by atoms with Crippen LogP contribution in [0.5, 0.6) is 17.5 Å². The second-order valence-corrected chi connectivity index (χ2v) is 6.87. The normalized spacial score (nSPS) is 11.8. The number of anilines is 1. The zero-order chi connectivity index (χ0) is 20.0. The molecule has 0 bridgehead atoms. The molecule has 146 valence electrons. The number of allylic oxidation sites excluding steroid dienone is 1. The molecule has 0 radical (unpaired) electrons. The molecular formula is C19H25BrN4O3. The van der Waals surface area contributed by atoms with Crippen molar-refractivity contribution in [2.75, 3.05) is 19.5 Å². The first-order valence-corrected chi connectivity index (χ1v) is 9.40. The van der Waals surface area contributed by atoms with E-state index < -0.39 is 0 Å². The number of hydrogen-bond acceptors (Lipinski definition) is 7. The molecular weight excluding hydrogens is 412 g/mol. The number of nitrogens with zero attached hydrogens (tertiary/aromatic N) is 3. The van der Waals surface area contributed by atoms with Crippen molar-refractivity contribution in [1.82, 2.24) is 15.0 Å². The summed E-state index contributed by atoms with van der Waals surface area (Å²) in [6, 6.07) is 3.94. The fourth-order valence-corrected chi connectivity index (χ4v) is 2.90. The van der Waals surface area contributed by atoms with Gasteiger partial charge >= 0.3 is 6.01 Å². The number of rotatable bonds is 9. The Balaban J connectivity index is 2.33. The van der Waals surface area contributed by atoms with E-state index in [1.54, 1.807) is 21.1 Å². The molecule has 1 unspecified atom stereocenters. The summed E-state index contributed by atoms with van der Waals surface area (Å²) in [6.45, 7) is 9.75. The van der Waals surface area contributed by atoms with Crippen LogP contribution in [0.15, 0.2) is 23.2 Å².